The maximum Gasteiger partial charge on any atom is 0.179 e. The van der Waals surface area contributed by atoms with Gasteiger partial charge in [0.05, 0.1) is 6.34 Å². The molecule has 4 nitrogen and oxygen atoms in total. The molecule has 0 aromatic carbocycles. The summed E-state index contributed by atoms with van der Waals surface area (Å²) >= 11 is 5.92. The van der Waals surface area contributed by atoms with E-state index >= 15 is 0 Å². The Morgan fingerprint density at radius 1 is 1.35 bits per heavy atom. The van der Waals surface area contributed by atoms with Crippen LogP contribution in [0.25, 0.3) is 0 Å². The molecule has 1 saturated carbocycles. The zero-order valence-corrected chi connectivity index (χ0v) is 11.0. The SMILES string of the molecule is CN(C)C=Nc1nnc(Cl)cc1C1CCCC1. The monoisotopic (exact) mass is 252 g/mol. The zero-order chi connectivity index (χ0) is 12.3. The summed E-state index contributed by atoms with van der Waals surface area (Å²) in [5.41, 5.74) is 1.14. The van der Waals surface area contributed by atoms with E-state index in [0.29, 0.717) is 16.9 Å². The molecule has 92 valence electrons. The summed E-state index contributed by atoms with van der Waals surface area (Å²) in [4.78, 5) is 6.24. The Labute approximate surface area is 107 Å². The van der Waals surface area contributed by atoms with Crippen LogP contribution in [0.3, 0.4) is 0 Å². The van der Waals surface area contributed by atoms with Gasteiger partial charge in [0.1, 0.15) is 0 Å². The lowest BCUT2D eigenvalue weighted by atomic mass is 9.99. The summed E-state index contributed by atoms with van der Waals surface area (Å²) in [5.74, 6) is 1.24. The lowest BCUT2D eigenvalue weighted by Gasteiger charge is -2.11. The molecule has 0 unspecified atom stereocenters. The molecule has 17 heavy (non-hydrogen) atoms. The first-order chi connectivity index (χ1) is 8.16. The number of hydrogen-bond acceptors (Lipinski definition) is 3. The van der Waals surface area contributed by atoms with Crippen molar-refractivity contribution in [3.05, 3.63) is 16.8 Å². The number of nitrogens with zero attached hydrogens (tertiary/aromatic N) is 4. The highest BCUT2D eigenvalue weighted by Crippen LogP contribution is 2.38. The van der Waals surface area contributed by atoms with E-state index in [1.165, 1.54) is 25.7 Å². The second-order valence-corrected chi connectivity index (χ2v) is 5.02. The molecule has 5 heteroatoms. The molecule has 1 aromatic rings. The van der Waals surface area contributed by atoms with Gasteiger partial charge >= 0.3 is 0 Å². The van der Waals surface area contributed by atoms with Crippen LogP contribution in [0.2, 0.25) is 5.15 Å². The van der Waals surface area contributed by atoms with Gasteiger partial charge in [-0.2, -0.15) is 0 Å². The zero-order valence-electron chi connectivity index (χ0n) is 10.2. The van der Waals surface area contributed by atoms with E-state index in [-0.39, 0.29) is 0 Å². The minimum absolute atomic E-state index is 0.454. The maximum absolute atomic E-state index is 5.92. The Kier molecular flexibility index (Phi) is 3.94. The molecular weight excluding hydrogens is 236 g/mol. The van der Waals surface area contributed by atoms with Crippen molar-refractivity contribution in [3.63, 3.8) is 0 Å². The molecule has 0 spiro atoms. The Morgan fingerprint density at radius 2 is 2.06 bits per heavy atom. The van der Waals surface area contributed by atoms with Crippen LogP contribution in [0, 0.1) is 0 Å². The van der Waals surface area contributed by atoms with Gasteiger partial charge in [0.2, 0.25) is 0 Å². The van der Waals surface area contributed by atoms with Gasteiger partial charge in [-0.25, -0.2) is 4.99 Å². The Morgan fingerprint density at radius 3 is 2.71 bits per heavy atom. The Bertz CT molecular complexity index is 411. The summed E-state index contributed by atoms with van der Waals surface area (Å²) in [6, 6.07) is 1.91. The minimum Gasteiger partial charge on any atom is -0.369 e. The average molecular weight is 253 g/mol. The number of halogens is 1. The largest absolute Gasteiger partial charge is 0.369 e. The molecule has 1 aliphatic carbocycles. The fourth-order valence-corrected chi connectivity index (χ4v) is 2.34. The molecule has 0 saturated heterocycles. The van der Waals surface area contributed by atoms with Gasteiger partial charge in [-0.1, -0.05) is 24.4 Å². The molecule has 2 rings (SSSR count). The van der Waals surface area contributed by atoms with E-state index in [9.17, 15) is 0 Å². The van der Waals surface area contributed by atoms with E-state index in [0.717, 1.165) is 5.56 Å². The number of hydrogen-bond donors (Lipinski definition) is 0. The fourth-order valence-electron chi connectivity index (χ4n) is 2.18. The summed E-state index contributed by atoms with van der Waals surface area (Å²) in [6.45, 7) is 0. The van der Waals surface area contributed by atoms with Crippen molar-refractivity contribution in [2.75, 3.05) is 14.1 Å². The van der Waals surface area contributed by atoms with Gasteiger partial charge in [0.25, 0.3) is 0 Å². The van der Waals surface area contributed by atoms with Crippen molar-refractivity contribution >= 4 is 23.8 Å². The van der Waals surface area contributed by atoms with Crippen molar-refractivity contribution < 1.29 is 0 Å². The van der Waals surface area contributed by atoms with Crippen LogP contribution in [0.1, 0.15) is 37.2 Å². The highest BCUT2D eigenvalue weighted by Gasteiger charge is 2.21. The Hall–Kier alpha value is -1.16. The summed E-state index contributed by atoms with van der Waals surface area (Å²) < 4.78 is 0. The quantitative estimate of drug-likeness (QED) is 0.613. The molecule has 0 N–H and O–H groups in total. The summed E-state index contributed by atoms with van der Waals surface area (Å²) in [6.07, 6.45) is 6.71. The van der Waals surface area contributed by atoms with Crippen molar-refractivity contribution in [1.29, 1.82) is 0 Å². The van der Waals surface area contributed by atoms with Gasteiger partial charge < -0.3 is 4.90 Å². The standard InChI is InChI=1S/C12H17ClN4/c1-17(2)8-14-12-10(7-11(13)15-16-12)9-5-3-4-6-9/h7-9H,3-6H2,1-2H3. The van der Waals surface area contributed by atoms with Crippen LogP contribution in [0.4, 0.5) is 5.82 Å². The molecule has 1 aromatic heterocycles. The van der Waals surface area contributed by atoms with E-state index in [1.807, 2.05) is 25.1 Å². The molecule has 1 aliphatic rings. The first-order valence-electron chi connectivity index (χ1n) is 5.90. The first-order valence-corrected chi connectivity index (χ1v) is 6.28. The van der Waals surface area contributed by atoms with E-state index in [2.05, 4.69) is 15.2 Å². The lowest BCUT2D eigenvalue weighted by molar-refractivity contribution is 0.641. The molecule has 0 bridgehead atoms. The highest BCUT2D eigenvalue weighted by atomic mass is 35.5. The molecule has 0 aliphatic heterocycles. The maximum atomic E-state index is 5.92. The lowest BCUT2D eigenvalue weighted by Crippen LogP contribution is -2.08. The van der Waals surface area contributed by atoms with Gasteiger partial charge in [0.15, 0.2) is 11.0 Å². The van der Waals surface area contributed by atoms with Crippen molar-refractivity contribution in [3.8, 4) is 0 Å². The highest BCUT2D eigenvalue weighted by molar-refractivity contribution is 6.29. The molecule has 1 heterocycles. The molecule has 0 atom stereocenters. The van der Waals surface area contributed by atoms with Crippen LogP contribution in [-0.4, -0.2) is 35.5 Å². The van der Waals surface area contributed by atoms with Gasteiger partial charge in [-0.3, -0.25) is 0 Å². The third-order valence-corrected chi connectivity index (χ3v) is 3.16. The van der Waals surface area contributed by atoms with Crippen LogP contribution in [-0.2, 0) is 0 Å². The predicted molar refractivity (Wildman–Crippen MR) is 70.1 cm³/mol. The van der Waals surface area contributed by atoms with E-state index in [4.69, 9.17) is 11.6 Å². The van der Waals surface area contributed by atoms with Gasteiger partial charge in [-0.15, -0.1) is 10.2 Å². The Balaban J connectivity index is 2.30. The van der Waals surface area contributed by atoms with Gasteiger partial charge in [-0.05, 0) is 24.8 Å². The topological polar surface area (TPSA) is 41.4 Å². The smallest absolute Gasteiger partial charge is 0.179 e. The molecule has 0 amide bonds. The summed E-state index contributed by atoms with van der Waals surface area (Å²) in [5, 5.41) is 8.41. The average Bonchev–Trinajstić information content (AvgIpc) is 2.80. The second kappa shape index (κ2) is 5.45. The van der Waals surface area contributed by atoms with E-state index in [1.54, 1.807) is 6.34 Å². The minimum atomic E-state index is 0.454. The van der Waals surface area contributed by atoms with Crippen molar-refractivity contribution in [2.24, 2.45) is 4.99 Å². The van der Waals surface area contributed by atoms with Crippen molar-refractivity contribution in [1.82, 2.24) is 15.1 Å². The van der Waals surface area contributed by atoms with Crippen LogP contribution in [0.15, 0.2) is 11.1 Å². The van der Waals surface area contributed by atoms with Crippen LogP contribution < -0.4 is 0 Å². The second-order valence-electron chi connectivity index (χ2n) is 4.64. The van der Waals surface area contributed by atoms with Gasteiger partial charge in [0, 0.05) is 19.7 Å². The van der Waals surface area contributed by atoms with Crippen molar-refractivity contribution in [2.45, 2.75) is 31.6 Å². The molecule has 1 fully saturated rings. The summed E-state index contributed by atoms with van der Waals surface area (Å²) in [7, 11) is 3.87. The van der Waals surface area contributed by atoms with Crippen LogP contribution in [0.5, 0.6) is 0 Å². The fraction of sp³-hybridized carbons (Fsp3) is 0.583. The number of aliphatic imine (C=N–C) groups is 1. The third-order valence-electron chi connectivity index (χ3n) is 2.98. The normalized spacial score (nSPS) is 16.9. The number of rotatable bonds is 3. The molecular formula is C12H17ClN4. The predicted octanol–water partition coefficient (Wildman–Crippen LogP) is 3.01. The third kappa shape index (κ3) is 3.16. The first kappa shape index (κ1) is 12.3. The van der Waals surface area contributed by atoms with E-state index < -0.39 is 0 Å². The number of aromatic nitrogens is 2. The molecule has 0 radical (unpaired) electrons. The van der Waals surface area contributed by atoms with Crippen LogP contribution >= 0.6 is 11.6 Å².